The van der Waals surface area contributed by atoms with Gasteiger partial charge in [0.05, 0.1) is 0 Å². The van der Waals surface area contributed by atoms with E-state index >= 15 is 0 Å². The molecule has 1 heteroatoms. The van der Waals surface area contributed by atoms with Gasteiger partial charge < -0.3 is 5.73 Å². The van der Waals surface area contributed by atoms with Crippen molar-refractivity contribution < 1.29 is 0 Å². The lowest BCUT2D eigenvalue weighted by molar-refractivity contribution is 0.522. The standard InChI is InChI=1S/C12H23N/c1-7-8-10(12(5,6)13)9-11(2,3)4/h7-9H,13H2,1-6H3/b8-7-,10-9+. The maximum absolute atomic E-state index is 6.05. The van der Waals surface area contributed by atoms with Crippen LogP contribution in [0.5, 0.6) is 0 Å². The SMILES string of the molecule is C/C=C\C(=C/C(C)(C)C)C(C)(C)N. The van der Waals surface area contributed by atoms with Gasteiger partial charge in [-0.2, -0.15) is 0 Å². The summed E-state index contributed by atoms with van der Waals surface area (Å²) in [6.45, 7) is 12.6. The lowest BCUT2D eigenvalue weighted by atomic mass is 9.86. The number of nitrogens with two attached hydrogens (primary N) is 1. The number of hydrogen-bond acceptors (Lipinski definition) is 1. The van der Waals surface area contributed by atoms with Gasteiger partial charge >= 0.3 is 0 Å². The lowest BCUT2D eigenvalue weighted by Gasteiger charge is -2.24. The van der Waals surface area contributed by atoms with Gasteiger partial charge in [0.1, 0.15) is 0 Å². The fraction of sp³-hybridized carbons (Fsp3) is 0.667. The summed E-state index contributed by atoms with van der Waals surface area (Å²) in [5.74, 6) is 0. The average Bonchev–Trinajstić information content (AvgIpc) is 1.81. The number of allylic oxidation sites excluding steroid dienone is 2. The molecule has 0 amide bonds. The van der Waals surface area contributed by atoms with Crippen molar-refractivity contribution in [2.75, 3.05) is 0 Å². The molecule has 0 spiro atoms. The van der Waals surface area contributed by atoms with Crippen molar-refractivity contribution in [2.24, 2.45) is 11.1 Å². The Kier molecular flexibility index (Phi) is 3.92. The highest BCUT2D eigenvalue weighted by molar-refractivity contribution is 5.29. The van der Waals surface area contributed by atoms with E-state index in [1.165, 1.54) is 5.57 Å². The Morgan fingerprint density at radius 2 is 1.54 bits per heavy atom. The summed E-state index contributed by atoms with van der Waals surface area (Å²) in [7, 11) is 0. The lowest BCUT2D eigenvalue weighted by Crippen LogP contribution is -2.34. The predicted molar refractivity (Wildman–Crippen MR) is 60.6 cm³/mol. The zero-order chi connectivity index (χ0) is 10.7. The third kappa shape index (κ3) is 5.64. The third-order valence-corrected chi connectivity index (χ3v) is 1.68. The molecule has 0 saturated heterocycles. The molecule has 76 valence electrons. The van der Waals surface area contributed by atoms with E-state index in [0.29, 0.717) is 0 Å². The van der Waals surface area contributed by atoms with Gasteiger partial charge in [-0.25, -0.2) is 0 Å². The molecule has 0 aromatic rings. The average molecular weight is 181 g/mol. The maximum Gasteiger partial charge on any atom is 0.0349 e. The topological polar surface area (TPSA) is 26.0 Å². The van der Waals surface area contributed by atoms with Crippen LogP contribution in [0.4, 0.5) is 0 Å². The first kappa shape index (κ1) is 12.4. The van der Waals surface area contributed by atoms with E-state index in [1.807, 2.05) is 26.8 Å². The van der Waals surface area contributed by atoms with Crippen LogP contribution in [0.15, 0.2) is 23.8 Å². The van der Waals surface area contributed by atoms with E-state index in [0.717, 1.165) is 0 Å². The zero-order valence-electron chi connectivity index (χ0n) is 9.81. The number of hydrogen-bond donors (Lipinski definition) is 1. The molecule has 0 aliphatic rings. The predicted octanol–water partition coefficient (Wildman–Crippen LogP) is 3.27. The van der Waals surface area contributed by atoms with Crippen molar-refractivity contribution in [3.05, 3.63) is 23.8 Å². The third-order valence-electron chi connectivity index (χ3n) is 1.68. The van der Waals surface area contributed by atoms with E-state index in [1.54, 1.807) is 0 Å². The van der Waals surface area contributed by atoms with Crippen LogP contribution in [-0.2, 0) is 0 Å². The van der Waals surface area contributed by atoms with Gasteiger partial charge in [0.15, 0.2) is 0 Å². The molecule has 0 heterocycles. The van der Waals surface area contributed by atoms with E-state index in [2.05, 4.69) is 32.9 Å². The van der Waals surface area contributed by atoms with Crippen molar-refractivity contribution in [1.82, 2.24) is 0 Å². The molecular formula is C12H23N. The summed E-state index contributed by atoms with van der Waals surface area (Å²) in [5, 5.41) is 0. The molecule has 1 nitrogen and oxygen atoms in total. The second-order valence-corrected chi connectivity index (χ2v) is 5.19. The Morgan fingerprint density at radius 3 is 1.77 bits per heavy atom. The summed E-state index contributed by atoms with van der Waals surface area (Å²) in [4.78, 5) is 0. The molecule has 0 saturated carbocycles. The molecule has 2 N–H and O–H groups in total. The minimum atomic E-state index is -0.250. The molecule has 0 rings (SSSR count). The molecule has 0 aliphatic carbocycles. The van der Waals surface area contributed by atoms with E-state index in [-0.39, 0.29) is 11.0 Å². The van der Waals surface area contributed by atoms with Gasteiger partial charge in [0, 0.05) is 5.54 Å². The monoisotopic (exact) mass is 181 g/mol. The Labute approximate surface area is 82.7 Å². The Bertz CT molecular complexity index is 208. The fourth-order valence-electron chi connectivity index (χ4n) is 1.09. The van der Waals surface area contributed by atoms with Crippen molar-refractivity contribution in [2.45, 2.75) is 47.1 Å². The van der Waals surface area contributed by atoms with Crippen LogP contribution in [0.2, 0.25) is 0 Å². The van der Waals surface area contributed by atoms with E-state index in [9.17, 15) is 0 Å². The largest absolute Gasteiger partial charge is 0.322 e. The number of rotatable bonds is 2. The molecule has 0 aromatic carbocycles. The highest BCUT2D eigenvalue weighted by Gasteiger charge is 2.17. The van der Waals surface area contributed by atoms with Gasteiger partial charge in [0.25, 0.3) is 0 Å². The van der Waals surface area contributed by atoms with Gasteiger partial charge in [-0.1, -0.05) is 39.0 Å². The fourth-order valence-corrected chi connectivity index (χ4v) is 1.09. The second kappa shape index (κ2) is 4.10. The maximum atomic E-state index is 6.05. The van der Waals surface area contributed by atoms with Gasteiger partial charge in [-0.05, 0) is 31.8 Å². The minimum Gasteiger partial charge on any atom is -0.322 e. The first-order valence-electron chi connectivity index (χ1n) is 4.82. The van der Waals surface area contributed by atoms with Crippen molar-refractivity contribution in [3.8, 4) is 0 Å². The molecule has 0 bridgehead atoms. The van der Waals surface area contributed by atoms with Gasteiger partial charge in [-0.15, -0.1) is 0 Å². The summed E-state index contributed by atoms with van der Waals surface area (Å²) in [6, 6.07) is 0. The summed E-state index contributed by atoms with van der Waals surface area (Å²) in [5.41, 5.74) is 7.19. The molecule has 13 heavy (non-hydrogen) atoms. The van der Waals surface area contributed by atoms with Crippen LogP contribution in [0, 0.1) is 5.41 Å². The van der Waals surface area contributed by atoms with Crippen molar-refractivity contribution in [3.63, 3.8) is 0 Å². The van der Waals surface area contributed by atoms with Crippen LogP contribution in [-0.4, -0.2) is 5.54 Å². The second-order valence-electron chi connectivity index (χ2n) is 5.19. The van der Waals surface area contributed by atoms with E-state index < -0.39 is 0 Å². The molecule has 0 radical (unpaired) electrons. The first-order chi connectivity index (χ1) is 5.67. The first-order valence-corrected chi connectivity index (χ1v) is 4.82. The van der Waals surface area contributed by atoms with Crippen LogP contribution in [0.25, 0.3) is 0 Å². The normalized spacial score (nSPS) is 15.5. The van der Waals surface area contributed by atoms with Crippen LogP contribution >= 0.6 is 0 Å². The molecule has 0 fully saturated rings. The van der Waals surface area contributed by atoms with Crippen LogP contribution < -0.4 is 5.73 Å². The molecular weight excluding hydrogens is 158 g/mol. The quantitative estimate of drug-likeness (QED) is 0.650. The summed E-state index contributed by atoms with van der Waals surface area (Å²) >= 11 is 0. The van der Waals surface area contributed by atoms with Crippen LogP contribution in [0.1, 0.15) is 41.5 Å². The molecule has 0 aromatic heterocycles. The summed E-state index contributed by atoms with van der Waals surface area (Å²) < 4.78 is 0. The van der Waals surface area contributed by atoms with Gasteiger partial charge in [0.2, 0.25) is 0 Å². The zero-order valence-corrected chi connectivity index (χ0v) is 9.81. The van der Waals surface area contributed by atoms with Crippen LogP contribution in [0.3, 0.4) is 0 Å². The van der Waals surface area contributed by atoms with Gasteiger partial charge in [-0.3, -0.25) is 0 Å². The Hall–Kier alpha value is -0.560. The Balaban J connectivity index is 4.94. The molecule has 0 unspecified atom stereocenters. The highest BCUT2D eigenvalue weighted by atomic mass is 14.7. The Morgan fingerprint density at radius 1 is 1.08 bits per heavy atom. The molecule has 0 aliphatic heterocycles. The molecule has 0 atom stereocenters. The van der Waals surface area contributed by atoms with Crippen molar-refractivity contribution >= 4 is 0 Å². The smallest absolute Gasteiger partial charge is 0.0349 e. The van der Waals surface area contributed by atoms with E-state index in [4.69, 9.17) is 5.73 Å². The minimum absolute atomic E-state index is 0.186. The summed E-state index contributed by atoms with van der Waals surface area (Å²) in [6.07, 6.45) is 6.35. The van der Waals surface area contributed by atoms with Crippen molar-refractivity contribution in [1.29, 1.82) is 0 Å². The highest BCUT2D eigenvalue weighted by Crippen LogP contribution is 2.23.